The van der Waals surface area contributed by atoms with Crippen molar-refractivity contribution in [3.05, 3.63) is 0 Å². The summed E-state index contributed by atoms with van der Waals surface area (Å²) in [5.74, 6) is -0.415. The van der Waals surface area contributed by atoms with Gasteiger partial charge in [0.05, 0.1) is 25.4 Å². The zero-order valence-corrected chi connectivity index (χ0v) is 11.7. The van der Waals surface area contributed by atoms with E-state index in [4.69, 9.17) is 14.2 Å². The molecule has 3 aliphatic rings. The number of piperidine rings is 1. The van der Waals surface area contributed by atoms with E-state index in [0.29, 0.717) is 19.3 Å². The molecule has 5 nitrogen and oxygen atoms in total. The molecule has 19 heavy (non-hydrogen) atoms. The molecule has 0 amide bonds. The van der Waals surface area contributed by atoms with Crippen LogP contribution >= 0.6 is 0 Å². The lowest BCUT2D eigenvalue weighted by atomic mass is 9.85. The van der Waals surface area contributed by atoms with Gasteiger partial charge >= 0.3 is 0 Å². The van der Waals surface area contributed by atoms with Crippen molar-refractivity contribution in [2.75, 3.05) is 33.4 Å². The summed E-state index contributed by atoms with van der Waals surface area (Å²) >= 11 is 0. The smallest absolute Gasteiger partial charge is 0.170 e. The standard InChI is InChI=1S/C14H25NO4/c1-17-11-3-6-15(7-4-11)12-10-14(5-2-13(12)16)18-8-9-19-14/h11-13,16H,2-10H2,1H3. The Morgan fingerprint density at radius 1 is 1.16 bits per heavy atom. The van der Waals surface area contributed by atoms with Crippen molar-refractivity contribution < 1.29 is 19.3 Å². The maximum absolute atomic E-state index is 10.3. The number of hydrogen-bond acceptors (Lipinski definition) is 5. The number of aliphatic hydroxyl groups excluding tert-OH is 1. The molecule has 2 atom stereocenters. The normalized spacial score (nSPS) is 36.9. The quantitative estimate of drug-likeness (QED) is 0.803. The van der Waals surface area contributed by atoms with Gasteiger partial charge in [-0.3, -0.25) is 4.90 Å². The van der Waals surface area contributed by atoms with E-state index in [-0.39, 0.29) is 12.1 Å². The first-order valence-corrected chi connectivity index (χ1v) is 7.45. The van der Waals surface area contributed by atoms with Gasteiger partial charge in [0.15, 0.2) is 5.79 Å². The van der Waals surface area contributed by atoms with Crippen LogP contribution in [0.25, 0.3) is 0 Å². The molecule has 1 saturated carbocycles. The maximum atomic E-state index is 10.3. The minimum Gasteiger partial charge on any atom is -0.391 e. The van der Waals surface area contributed by atoms with Crippen molar-refractivity contribution in [3.63, 3.8) is 0 Å². The van der Waals surface area contributed by atoms with E-state index in [1.807, 2.05) is 0 Å². The lowest BCUT2D eigenvalue weighted by Gasteiger charge is -2.46. The number of rotatable bonds is 2. The largest absolute Gasteiger partial charge is 0.391 e. The van der Waals surface area contributed by atoms with E-state index < -0.39 is 5.79 Å². The molecule has 2 heterocycles. The summed E-state index contributed by atoms with van der Waals surface area (Å²) in [6, 6.07) is 0.171. The summed E-state index contributed by atoms with van der Waals surface area (Å²) in [5.41, 5.74) is 0. The second-order valence-corrected chi connectivity index (χ2v) is 5.96. The predicted molar refractivity (Wildman–Crippen MR) is 69.9 cm³/mol. The second kappa shape index (κ2) is 5.66. The fourth-order valence-corrected chi connectivity index (χ4v) is 3.69. The SMILES string of the molecule is COC1CCN(C2CC3(CCC2O)OCCO3)CC1. The Morgan fingerprint density at radius 3 is 2.47 bits per heavy atom. The van der Waals surface area contributed by atoms with Crippen LogP contribution in [0.5, 0.6) is 0 Å². The van der Waals surface area contributed by atoms with Crippen LogP contribution in [0.2, 0.25) is 0 Å². The third-order valence-corrected chi connectivity index (χ3v) is 4.88. The Morgan fingerprint density at radius 2 is 1.84 bits per heavy atom. The first-order chi connectivity index (χ1) is 9.22. The molecule has 2 aliphatic heterocycles. The van der Waals surface area contributed by atoms with E-state index in [2.05, 4.69) is 4.90 Å². The van der Waals surface area contributed by atoms with Crippen molar-refractivity contribution in [1.82, 2.24) is 4.90 Å². The maximum Gasteiger partial charge on any atom is 0.170 e. The van der Waals surface area contributed by atoms with Crippen LogP contribution in [0.3, 0.4) is 0 Å². The zero-order chi connectivity index (χ0) is 13.3. The highest BCUT2D eigenvalue weighted by Gasteiger charge is 2.46. The minimum absolute atomic E-state index is 0.171. The van der Waals surface area contributed by atoms with Crippen LogP contribution in [0.4, 0.5) is 0 Å². The third-order valence-electron chi connectivity index (χ3n) is 4.88. The monoisotopic (exact) mass is 271 g/mol. The van der Waals surface area contributed by atoms with Crippen molar-refractivity contribution in [3.8, 4) is 0 Å². The highest BCUT2D eigenvalue weighted by molar-refractivity contribution is 4.94. The van der Waals surface area contributed by atoms with Crippen LogP contribution in [0, 0.1) is 0 Å². The molecule has 1 N–H and O–H groups in total. The molecule has 0 aromatic carbocycles. The summed E-state index contributed by atoms with van der Waals surface area (Å²) in [6.45, 7) is 3.37. The van der Waals surface area contributed by atoms with Gasteiger partial charge in [0.25, 0.3) is 0 Å². The summed E-state index contributed by atoms with van der Waals surface area (Å²) in [7, 11) is 1.78. The van der Waals surface area contributed by atoms with E-state index in [9.17, 15) is 5.11 Å². The van der Waals surface area contributed by atoms with Crippen LogP contribution in [-0.2, 0) is 14.2 Å². The fourth-order valence-electron chi connectivity index (χ4n) is 3.69. The molecule has 0 radical (unpaired) electrons. The Kier molecular flexibility index (Phi) is 4.10. The Hall–Kier alpha value is -0.200. The van der Waals surface area contributed by atoms with Crippen LogP contribution < -0.4 is 0 Å². The van der Waals surface area contributed by atoms with E-state index in [1.165, 1.54) is 0 Å². The number of ether oxygens (including phenoxy) is 3. The van der Waals surface area contributed by atoms with Crippen LogP contribution in [-0.4, -0.2) is 67.5 Å². The number of methoxy groups -OCH3 is 1. The van der Waals surface area contributed by atoms with Gasteiger partial charge in [0, 0.05) is 39.1 Å². The number of hydrogen-bond donors (Lipinski definition) is 1. The first-order valence-electron chi connectivity index (χ1n) is 7.45. The molecular formula is C14H25NO4. The van der Waals surface area contributed by atoms with E-state index in [0.717, 1.165) is 45.2 Å². The number of nitrogens with zero attached hydrogens (tertiary/aromatic N) is 1. The average molecular weight is 271 g/mol. The van der Waals surface area contributed by atoms with Crippen LogP contribution in [0.15, 0.2) is 0 Å². The molecule has 110 valence electrons. The van der Waals surface area contributed by atoms with Gasteiger partial charge in [-0.05, 0) is 19.3 Å². The molecular weight excluding hydrogens is 246 g/mol. The molecule has 1 spiro atoms. The third kappa shape index (κ3) is 2.81. The summed E-state index contributed by atoms with van der Waals surface area (Å²) in [4.78, 5) is 2.39. The molecule has 0 aromatic rings. The molecule has 2 saturated heterocycles. The molecule has 3 rings (SSSR count). The molecule has 1 aliphatic carbocycles. The van der Waals surface area contributed by atoms with Gasteiger partial charge in [-0.2, -0.15) is 0 Å². The molecule has 0 aromatic heterocycles. The summed E-state index contributed by atoms with van der Waals surface area (Å²) < 4.78 is 17.0. The summed E-state index contributed by atoms with van der Waals surface area (Å²) in [5, 5.41) is 10.3. The molecule has 2 unspecified atom stereocenters. The Bertz CT molecular complexity index is 298. The van der Waals surface area contributed by atoms with Crippen molar-refractivity contribution in [1.29, 1.82) is 0 Å². The Balaban J connectivity index is 1.62. The van der Waals surface area contributed by atoms with Gasteiger partial charge < -0.3 is 19.3 Å². The first kappa shape index (κ1) is 13.8. The van der Waals surface area contributed by atoms with Gasteiger partial charge in [0.2, 0.25) is 0 Å². The molecule has 0 bridgehead atoms. The number of likely N-dealkylation sites (tertiary alicyclic amines) is 1. The molecule has 3 fully saturated rings. The van der Waals surface area contributed by atoms with Crippen LogP contribution in [0.1, 0.15) is 32.1 Å². The van der Waals surface area contributed by atoms with Crippen molar-refractivity contribution in [2.45, 2.75) is 56.1 Å². The zero-order valence-electron chi connectivity index (χ0n) is 11.7. The van der Waals surface area contributed by atoms with E-state index >= 15 is 0 Å². The van der Waals surface area contributed by atoms with Crippen molar-refractivity contribution in [2.24, 2.45) is 0 Å². The highest BCUT2D eigenvalue weighted by Crippen LogP contribution is 2.38. The lowest BCUT2D eigenvalue weighted by Crippen LogP contribution is -2.55. The summed E-state index contributed by atoms with van der Waals surface area (Å²) in [6.07, 6.45) is 4.62. The minimum atomic E-state index is -0.415. The highest BCUT2D eigenvalue weighted by atomic mass is 16.7. The average Bonchev–Trinajstić information content (AvgIpc) is 2.90. The second-order valence-electron chi connectivity index (χ2n) is 5.96. The number of aliphatic hydroxyl groups is 1. The van der Waals surface area contributed by atoms with Gasteiger partial charge in [0.1, 0.15) is 0 Å². The van der Waals surface area contributed by atoms with Crippen molar-refractivity contribution >= 4 is 0 Å². The fraction of sp³-hybridized carbons (Fsp3) is 1.00. The Labute approximate surface area is 114 Å². The van der Waals surface area contributed by atoms with Gasteiger partial charge in [-0.1, -0.05) is 0 Å². The topological polar surface area (TPSA) is 51.2 Å². The predicted octanol–water partition coefficient (Wildman–Crippen LogP) is 0.754. The van der Waals surface area contributed by atoms with E-state index in [1.54, 1.807) is 7.11 Å². The van der Waals surface area contributed by atoms with Gasteiger partial charge in [-0.25, -0.2) is 0 Å². The molecule has 5 heteroatoms. The lowest BCUT2D eigenvalue weighted by molar-refractivity contribution is -0.206. The van der Waals surface area contributed by atoms with Gasteiger partial charge in [-0.15, -0.1) is 0 Å².